The fourth-order valence-corrected chi connectivity index (χ4v) is 1.12. The van der Waals surface area contributed by atoms with Gasteiger partial charge in [0.25, 0.3) is 0 Å². The smallest absolute Gasteiger partial charge is 0.0404 e. The van der Waals surface area contributed by atoms with Gasteiger partial charge in [0.05, 0.1) is 0 Å². The van der Waals surface area contributed by atoms with Gasteiger partial charge in [-0.15, -0.1) is 11.6 Å². The molecule has 70 valence electrons. The lowest BCUT2D eigenvalue weighted by atomic mass is 10.2. The van der Waals surface area contributed by atoms with E-state index in [1.807, 2.05) is 12.2 Å². The summed E-state index contributed by atoms with van der Waals surface area (Å²) in [5.41, 5.74) is 2.42. The van der Waals surface area contributed by atoms with Gasteiger partial charge in [0.2, 0.25) is 0 Å². The molecule has 0 radical (unpaired) electrons. The monoisotopic (exact) mass is 195 g/mol. The van der Waals surface area contributed by atoms with E-state index in [2.05, 4.69) is 36.5 Å². The van der Waals surface area contributed by atoms with Gasteiger partial charge in [0.15, 0.2) is 0 Å². The standard InChI is InChI=1S/C11H14ClN/c1-10-4-6-11(7-5-10)13-9-3-2-8-12/h2-7,13H,8-9H2,1H3/b3-2+. The first-order valence-electron chi connectivity index (χ1n) is 4.34. The fourth-order valence-electron chi connectivity index (χ4n) is 0.995. The molecule has 1 aromatic rings. The van der Waals surface area contributed by atoms with E-state index in [1.54, 1.807) is 0 Å². The van der Waals surface area contributed by atoms with Crippen LogP contribution in [0.4, 0.5) is 5.69 Å². The highest BCUT2D eigenvalue weighted by molar-refractivity contribution is 6.18. The summed E-state index contributed by atoms with van der Waals surface area (Å²) >= 11 is 5.49. The molecule has 0 spiro atoms. The molecule has 1 N–H and O–H groups in total. The molecule has 0 aliphatic carbocycles. The van der Waals surface area contributed by atoms with Gasteiger partial charge >= 0.3 is 0 Å². The van der Waals surface area contributed by atoms with E-state index in [4.69, 9.17) is 11.6 Å². The lowest BCUT2D eigenvalue weighted by Crippen LogP contribution is -1.97. The van der Waals surface area contributed by atoms with Crippen LogP contribution < -0.4 is 5.32 Å². The normalized spacial score (nSPS) is 10.6. The van der Waals surface area contributed by atoms with Crippen LogP contribution in [0.2, 0.25) is 0 Å². The van der Waals surface area contributed by atoms with Crippen molar-refractivity contribution in [1.29, 1.82) is 0 Å². The number of allylic oxidation sites excluding steroid dienone is 1. The van der Waals surface area contributed by atoms with Crippen LogP contribution in [0.5, 0.6) is 0 Å². The Morgan fingerprint density at radius 1 is 1.23 bits per heavy atom. The van der Waals surface area contributed by atoms with E-state index in [9.17, 15) is 0 Å². The topological polar surface area (TPSA) is 12.0 Å². The third-order valence-corrected chi connectivity index (χ3v) is 1.91. The lowest BCUT2D eigenvalue weighted by Gasteiger charge is -2.02. The predicted octanol–water partition coefficient (Wildman–Crippen LogP) is 3.20. The van der Waals surface area contributed by atoms with Crippen molar-refractivity contribution >= 4 is 17.3 Å². The van der Waals surface area contributed by atoms with Crippen molar-refractivity contribution in [2.24, 2.45) is 0 Å². The van der Waals surface area contributed by atoms with Gasteiger partial charge in [-0.05, 0) is 19.1 Å². The Hall–Kier alpha value is -0.950. The van der Waals surface area contributed by atoms with Crippen molar-refractivity contribution in [2.45, 2.75) is 6.92 Å². The van der Waals surface area contributed by atoms with Crippen molar-refractivity contribution < 1.29 is 0 Å². The molecule has 2 heteroatoms. The van der Waals surface area contributed by atoms with E-state index >= 15 is 0 Å². The highest BCUT2D eigenvalue weighted by atomic mass is 35.5. The summed E-state index contributed by atoms with van der Waals surface area (Å²) < 4.78 is 0. The average Bonchev–Trinajstić information content (AvgIpc) is 2.15. The average molecular weight is 196 g/mol. The molecule has 0 aromatic heterocycles. The summed E-state index contributed by atoms with van der Waals surface area (Å²) in [5.74, 6) is 0.579. The van der Waals surface area contributed by atoms with E-state index in [0.717, 1.165) is 12.2 Å². The maximum atomic E-state index is 5.49. The zero-order valence-electron chi connectivity index (χ0n) is 7.76. The number of halogens is 1. The quantitative estimate of drug-likeness (QED) is 0.575. The Morgan fingerprint density at radius 2 is 1.92 bits per heavy atom. The van der Waals surface area contributed by atoms with Gasteiger partial charge in [-0.3, -0.25) is 0 Å². The molecule has 0 amide bonds. The van der Waals surface area contributed by atoms with Gasteiger partial charge in [-0.1, -0.05) is 29.8 Å². The van der Waals surface area contributed by atoms with Crippen LogP contribution in [0.15, 0.2) is 36.4 Å². The van der Waals surface area contributed by atoms with Crippen LogP contribution >= 0.6 is 11.6 Å². The Morgan fingerprint density at radius 3 is 2.54 bits per heavy atom. The first-order valence-corrected chi connectivity index (χ1v) is 4.88. The summed E-state index contributed by atoms with van der Waals surface area (Å²) in [5, 5.41) is 3.26. The molecule has 0 unspecified atom stereocenters. The van der Waals surface area contributed by atoms with Crippen LogP contribution in [0.3, 0.4) is 0 Å². The molecular formula is C11H14ClN. The van der Waals surface area contributed by atoms with E-state index in [-0.39, 0.29) is 0 Å². The molecule has 1 aromatic carbocycles. The van der Waals surface area contributed by atoms with Crippen LogP contribution in [0, 0.1) is 6.92 Å². The summed E-state index contributed by atoms with van der Waals surface area (Å²) in [6.07, 6.45) is 3.95. The molecule has 13 heavy (non-hydrogen) atoms. The minimum atomic E-state index is 0.579. The van der Waals surface area contributed by atoms with Gasteiger partial charge in [-0.2, -0.15) is 0 Å². The number of hydrogen-bond acceptors (Lipinski definition) is 1. The number of alkyl halides is 1. The van der Waals surface area contributed by atoms with Gasteiger partial charge in [0.1, 0.15) is 0 Å². The second-order valence-electron chi connectivity index (χ2n) is 2.87. The first kappa shape index (κ1) is 10.1. The second kappa shape index (κ2) is 5.65. The number of benzene rings is 1. The van der Waals surface area contributed by atoms with Crippen LogP contribution in [0.1, 0.15) is 5.56 Å². The van der Waals surface area contributed by atoms with Crippen LogP contribution in [-0.2, 0) is 0 Å². The van der Waals surface area contributed by atoms with Gasteiger partial charge in [-0.25, -0.2) is 0 Å². The largest absolute Gasteiger partial charge is 0.382 e. The van der Waals surface area contributed by atoms with Crippen LogP contribution in [-0.4, -0.2) is 12.4 Å². The zero-order chi connectivity index (χ0) is 9.52. The minimum absolute atomic E-state index is 0.579. The molecule has 0 fully saturated rings. The number of aryl methyl sites for hydroxylation is 1. The molecule has 0 bridgehead atoms. The lowest BCUT2D eigenvalue weighted by molar-refractivity contribution is 1.32. The minimum Gasteiger partial charge on any atom is -0.382 e. The number of rotatable bonds is 4. The molecule has 0 heterocycles. The van der Waals surface area contributed by atoms with Crippen LogP contribution in [0.25, 0.3) is 0 Å². The number of nitrogens with one attached hydrogen (secondary N) is 1. The first-order chi connectivity index (χ1) is 6.33. The molecule has 0 saturated heterocycles. The molecule has 0 aliphatic rings. The third kappa shape index (κ3) is 4.00. The van der Waals surface area contributed by atoms with Gasteiger partial charge < -0.3 is 5.32 Å². The third-order valence-electron chi connectivity index (χ3n) is 1.73. The maximum Gasteiger partial charge on any atom is 0.0404 e. The predicted molar refractivity (Wildman–Crippen MR) is 59.5 cm³/mol. The SMILES string of the molecule is Cc1ccc(NC/C=C/CCl)cc1. The Balaban J connectivity index is 2.37. The van der Waals surface area contributed by atoms with Crippen molar-refractivity contribution in [3.8, 4) is 0 Å². The van der Waals surface area contributed by atoms with E-state index < -0.39 is 0 Å². The van der Waals surface area contributed by atoms with Crippen molar-refractivity contribution in [2.75, 3.05) is 17.7 Å². The molecule has 1 rings (SSSR count). The molecule has 0 atom stereocenters. The summed E-state index contributed by atoms with van der Waals surface area (Å²) in [6.45, 7) is 2.91. The molecule has 0 aliphatic heterocycles. The summed E-state index contributed by atoms with van der Waals surface area (Å²) in [7, 11) is 0. The van der Waals surface area contributed by atoms with Gasteiger partial charge in [0, 0.05) is 18.1 Å². The molecular weight excluding hydrogens is 182 g/mol. The fraction of sp³-hybridized carbons (Fsp3) is 0.273. The van der Waals surface area contributed by atoms with Crippen molar-refractivity contribution in [3.63, 3.8) is 0 Å². The number of hydrogen-bond donors (Lipinski definition) is 1. The molecule has 0 saturated carbocycles. The van der Waals surface area contributed by atoms with Crippen molar-refractivity contribution in [1.82, 2.24) is 0 Å². The maximum absolute atomic E-state index is 5.49. The highest BCUT2D eigenvalue weighted by Gasteiger charge is 1.87. The summed E-state index contributed by atoms with van der Waals surface area (Å²) in [6, 6.07) is 8.33. The summed E-state index contributed by atoms with van der Waals surface area (Å²) in [4.78, 5) is 0. The Bertz CT molecular complexity index is 264. The highest BCUT2D eigenvalue weighted by Crippen LogP contribution is 2.07. The van der Waals surface area contributed by atoms with Crippen molar-refractivity contribution in [3.05, 3.63) is 42.0 Å². The molecule has 1 nitrogen and oxygen atoms in total. The zero-order valence-corrected chi connectivity index (χ0v) is 8.51. The second-order valence-corrected chi connectivity index (χ2v) is 3.18. The van der Waals surface area contributed by atoms with E-state index in [1.165, 1.54) is 5.56 Å². The Kier molecular flexibility index (Phi) is 4.41. The Labute approximate surface area is 84.4 Å². The number of anilines is 1. The van der Waals surface area contributed by atoms with E-state index in [0.29, 0.717) is 5.88 Å².